The van der Waals surface area contributed by atoms with E-state index in [9.17, 15) is 4.79 Å². The van der Waals surface area contributed by atoms with E-state index in [2.05, 4.69) is 23.5 Å². The van der Waals surface area contributed by atoms with E-state index in [1.807, 2.05) is 75.4 Å². The molecule has 0 fully saturated rings. The maximum absolute atomic E-state index is 12.0. The van der Waals surface area contributed by atoms with Gasteiger partial charge in [-0.1, -0.05) is 60.7 Å². The van der Waals surface area contributed by atoms with Gasteiger partial charge in [-0.2, -0.15) is 0 Å². The highest BCUT2D eigenvalue weighted by molar-refractivity contribution is 5.89. The summed E-state index contributed by atoms with van der Waals surface area (Å²) in [7, 11) is 0. The molecule has 5 heteroatoms. The number of hydrogen-bond acceptors (Lipinski definition) is 5. The number of ether oxygens (including phenoxy) is 3. The summed E-state index contributed by atoms with van der Waals surface area (Å²) in [5.74, 6) is 0.466. The molecule has 174 valence electrons. The first-order chi connectivity index (χ1) is 15.9. The zero-order chi connectivity index (χ0) is 23.5. The Balaban J connectivity index is 1.55. The van der Waals surface area contributed by atoms with Crippen molar-refractivity contribution in [1.82, 2.24) is 5.32 Å². The van der Waals surface area contributed by atoms with Gasteiger partial charge in [0.2, 0.25) is 0 Å². The molecule has 0 radical (unpaired) electrons. The van der Waals surface area contributed by atoms with Crippen LogP contribution in [-0.4, -0.2) is 31.5 Å². The second kappa shape index (κ2) is 12.2. The monoisotopic (exact) mass is 447 g/mol. The average Bonchev–Trinajstić information content (AvgIpc) is 2.82. The second-order valence-corrected chi connectivity index (χ2v) is 8.73. The van der Waals surface area contributed by atoms with E-state index in [1.54, 1.807) is 12.1 Å². The number of rotatable bonds is 11. The fraction of sp³-hybridized carbons (Fsp3) is 0.321. The summed E-state index contributed by atoms with van der Waals surface area (Å²) in [6.07, 6.45) is 0.614. The highest BCUT2D eigenvalue weighted by Gasteiger charge is 2.16. The van der Waals surface area contributed by atoms with Gasteiger partial charge in [0.05, 0.1) is 37.2 Å². The fourth-order valence-corrected chi connectivity index (χ4v) is 3.27. The fourth-order valence-electron chi connectivity index (χ4n) is 3.27. The Morgan fingerprint density at radius 3 is 2.21 bits per heavy atom. The second-order valence-electron chi connectivity index (χ2n) is 8.73. The molecule has 0 bridgehead atoms. The van der Waals surface area contributed by atoms with Crippen molar-refractivity contribution in [3.8, 4) is 5.75 Å². The van der Waals surface area contributed by atoms with Gasteiger partial charge >= 0.3 is 5.97 Å². The Hall–Kier alpha value is -3.15. The van der Waals surface area contributed by atoms with Crippen LogP contribution in [0.25, 0.3) is 0 Å². The highest BCUT2D eigenvalue weighted by atomic mass is 16.5. The zero-order valence-electron chi connectivity index (χ0n) is 19.6. The topological polar surface area (TPSA) is 56.8 Å². The van der Waals surface area contributed by atoms with Crippen LogP contribution >= 0.6 is 0 Å². The van der Waals surface area contributed by atoms with Crippen LogP contribution in [0.1, 0.15) is 54.7 Å². The molecule has 1 atom stereocenters. The van der Waals surface area contributed by atoms with Crippen LogP contribution in [0, 0.1) is 0 Å². The van der Waals surface area contributed by atoms with Crippen LogP contribution in [0.3, 0.4) is 0 Å². The average molecular weight is 448 g/mol. The molecule has 0 aromatic heterocycles. The molecule has 0 spiro atoms. The molecule has 0 amide bonds. The van der Waals surface area contributed by atoms with E-state index in [0.717, 1.165) is 16.9 Å². The van der Waals surface area contributed by atoms with Gasteiger partial charge in [0, 0.05) is 6.42 Å². The van der Waals surface area contributed by atoms with Crippen LogP contribution in [0.4, 0.5) is 0 Å². The molecule has 1 unspecified atom stereocenters. The van der Waals surface area contributed by atoms with Crippen molar-refractivity contribution in [2.45, 2.75) is 38.8 Å². The lowest BCUT2D eigenvalue weighted by Gasteiger charge is -2.25. The van der Waals surface area contributed by atoms with E-state index in [-0.39, 0.29) is 17.6 Å². The van der Waals surface area contributed by atoms with Crippen LogP contribution < -0.4 is 10.1 Å². The molecule has 0 aliphatic carbocycles. The van der Waals surface area contributed by atoms with Crippen molar-refractivity contribution in [1.29, 1.82) is 0 Å². The molecular formula is C28H33NO4. The van der Waals surface area contributed by atoms with E-state index in [4.69, 9.17) is 14.2 Å². The molecule has 33 heavy (non-hydrogen) atoms. The predicted molar refractivity (Wildman–Crippen MR) is 130 cm³/mol. The molecule has 0 heterocycles. The van der Waals surface area contributed by atoms with Gasteiger partial charge in [0.25, 0.3) is 0 Å². The number of hydrogen-bond donors (Lipinski definition) is 1. The summed E-state index contributed by atoms with van der Waals surface area (Å²) in [6.45, 7) is 7.32. The molecule has 0 saturated carbocycles. The molecule has 3 aromatic carbocycles. The predicted octanol–water partition coefficient (Wildman–Crippen LogP) is 5.76. The highest BCUT2D eigenvalue weighted by Crippen LogP contribution is 2.25. The SMILES string of the molecule is CC(C)(C)OCNC(c1ccccc1)c1cccc(OCCCOC(=O)c2ccccc2)c1. The van der Waals surface area contributed by atoms with Crippen molar-refractivity contribution in [3.63, 3.8) is 0 Å². The Morgan fingerprint density at radius 1 is 0.848 bits per heavy atom. The van der Waals surface area contributed by atoms with Gasteiger partial charge < -0.3 is 14.2 Å². The number of carbonyl (C=O) groups excluding carboxylic acids is 1. The van der Waals surface area contributed by atoms with Crippen LogP contribution in [0.5, 0.6) is 5.75 Å². The minimum Gasteiger partial charge on any atom is -0.493 e. The Labute approximate surface area is 196 Å². The molecule has 3 aromatic rings. The van der Waals surface area contributed by atoms with E-state index in [0.29, 0.717) is 31.9 Å². The van der Waals surface area contributed by atoms with Gasteiger partial charge in [0.15, 0.2) is 0 Å². The molecule has 5 nitrogen and oxygen atoms in total. The first kappa shape index (κ1) is 24.5. The molecular weight excluding hydrogens is 414 g/mol. The Morgan fingerprint density at radius 2 is 1.52 bits per heavy atom. The minimum absolute atomic E-state index is 0.0241. The van der Waals surface area contributed by atoms with Crippen molar-refractivity contribution >= 4 is 5.97 Å². The van der Waals surface area contributed by atoms with Gasteiger partial charge in [0.1, 0.15) is 5.75 Å². The lowest BCUT2D eigenvalue weighted by molar-refractivity contribution is -0.0158. The largest absolute Gasteiger partial charge is 0.493 e. The normalized spacial score (nSPS) is 12.2. The Kier molecular flexibility index (Phi) is 9.04. The minimum atomic E-state index is -0.313. The van der Waals surface area contributed by atoms with Crippen molar-refractivity contribution in [2.24, 2.45) is 0 Å². The standard InChI is InChI=1S/C28H33NO4/c1-28(2,3)33-21-29-26(22-12-6-4-7-13-22)24-16-10-17-25(20-24)31-18-11-19-32-27(30)23-14-8-5-9-15-23/h4-10,12-17,20,26,29H,11,18-19,21H2,1-3H3. The number of nitrogens with one attached hydrogen (secondary N) is 1. The first-order valence-corrected chi connectivity index (χ1v) is 11.3. The van der Waals surface area contributed by atoms with Crippen molar-refractivity contribution in [3.05, 3.63) is 102 Å². The van der Waals surface area contributed by atoms with Gasteiger partial charge in [-0.25, -0.2) is 4.79 Å². The summed E-state index contributed by atoms with van der Waals surface area (Å²) in [5.41, 5.74) is 2.58. The summed E-state index contributed by atoms with van der Waals surface area (Å²) < 4.78 is 17.1. The summed E-state index contributed by atoms with van der Waals surface area (Å²) in [6, 6.07) is 27.3. The molecule has 1 N–H and O–H groups in total. The third-order valence-electron chi connectivity index (χ3n) is 4.92. The quantitative estimate of drug-likeness (QED) is 0.230. The molecule has 0 aliphatic heterocycles. The number of esters is 1. The van der Waals surface area contributed by atoms with Crippen LogP contribution in [0.2, 0.25) is 0 Å². The third kappa shape index (κ3) is 8.37. The van der Waals surface area contributed by atoms with E-state index < -0.39 is 0 Å². The van der Waals surface area contributed by atoms with E-state index in [1.165, 1.54) is 0 Å². The summed E-state index contributed by atoms with van der Waals surface area (Å²) >= 11 is 0. The summed E-state index contributed by atoms with van der Waals surface area (Å²) in [5, 5.41) is 3.51. The van der Waals surface area contributed by atoms with Gasteiger partial charge in [-0.3, -0.25) is 5.32 Å². The third-order valence-corrected chi connectivity index (χ3v) is 4.92. The molecule has 0 aliphatic rings. The number of benzene rings is 3. The van der Waals surface area contributed by atoms with Gasteiger partial charge in [-0.15, -0.1) is 0 Å². The van der Waals surface area contributed by atoms with Gasteiger partial charge in [-0.05, 0) is 56.2 Å². The molecule has 0 saturated heterocycles. The lowest BCUT2D eigenvalue weighted by Crippen LogP contribution is -2.31. The maximum Gasteiger partial charge on any atom is 0.338 e. The smallest absolute Gasteiger partial charge is 0.338 e. The van der Waals surface area contributed by atoms with Crippen molar-refractivity contribution in [2.75, 3.05) is 19.9 Å². The number of carbonyl (C=O) groups is 1. The van der Waals surface area contributed by atoms with Crippen LogP contribution in [0.15, 0.2) is 84.9 Å². The summed E-state index contributed by atoms with van der Waals surface area (Å²) in [4.78, 5) is 12.0. The Bertz CT molecular complexity index is 984. The lowest BCUT2D eigenvalue weighted by atomic mass is 9.99. The van der Waals surface area contributed by atoms with E-state index >= 15 is 0 Å². The molecule has 3 rings (SSSR count). The van der Waals surface area contributed by atoms with Crippen molar-refractivity contribution < 1.29 is 19.0 Å². The van der Waals surface area contributed by atoms with Crippen LogP contribution in [-0.2, 0) is 9.47 Å². The maximum atomic E-state index is 12.0. The first-order valence-electron chi connectivity index (χ1n) is 11.3. The zero-order valence-corrected chi connectivity index (χ0v) is 19.6.